The first-order chi connectivity index (χ1) is 14.1. The molecule has 0 saturated carbocycles. The van der Waals surface area contributed by atoms with Crippen LogP contribution in [-0.4, -0.2) is 42.1 Å². The van der Waals surface area contributed by atoms with Crippen molar-refractivity contribution in [1.82, 2.24) is 14.9 Å². The molecule has 29 heavy (non-hydrogen) atoms. The molecule has 0 saturated heterocycles. The molecule has 0 amide bonds. The number of halogens is 1. The first-order valence-corrected chi connectivity index (χ1v) is 10.0. The van der Waals surface area contributed by atoms with Crippen LogP contribution in [0.3, 0.4) is 0 Å². The summed E-state index contributed by atoms with van der Waals surface area (Å²) < 4.78 is 0. The molecule has 0 atom stereocenters. The van der Waals surface area contributed by atoms with Crippen molar-refractivity contribution < 1.29 is 0 Å². The smallest absolute Gasteiger partial charge is 0.229 e. The summed E-state index contributed by atoms with van der Waals surface area (Å²) in [6.07, 6.45) is 2.87. The number of hydrogen-bond donors (Lipinski definition) is 3. The van der Waals surface area contributed by atoms with Crippen LogP contribution in [0.4, 0.5) is 23.1 Å². The van der Waals surface area contributed by atoms with Crippen molar-refractivity contribution in [3.05, 3.63) is 71.4 Å². The molecule has 0 fully saturated rings. The molecule has 0 spiro atoms. The highest BCUT2D eigenvalue weighted by molar-refractivity contribution is 6.33. The number of benzene rings is 2. The van der Waals surface area contributed by atoms with Crippen molar-refractivity contribution in [3.8, 4) is 0 Å². The third-order valence-corrected chi connectivity index (χ3v) is 4.64. The first kappa shape index (κ1) is 20.9. The van der Waals surface area contributed by atoms with Gasteiger partial charge in [-0.25, -0.2) is 4.98 Å². The fraction of sp³-hybridized carbons (Fsp3) is 0.273. The van der Waals surface area contributed by atoms with Gasteiger partial charge < -0.3 is 20.9 Å². The number of aromatic nitrogens is 2. The van der Waals surface area contributed by atoms with Gasteiger partial charge in [0.15, 0.2) is 0 Å². The Bertz CT molecular complexity index is 901. The van der Waals surface area contributed by atoms with E-state index < -0.39 is 0 Å². The number of nitrogens with one attached hydrogen (secondary N) is 3. The molecule has 3 aromatic rings. The quantitative estimate of drug-likeness (QED) is 0.415. The van der Waals surface area contributed by atoms with Crippen LogP contribution in [0, 0.1) is 0 Å². The lowest BCUT2D eigenvalue weighted by molar-refractivity contribution is 0.405. The summed E-state index contributed by atoms with van der Waals surface area (Å²) in [5.74, 6) is 1.38. The average Bonchev–Trinajstić information content (AvgIpc) is 2.72. The Hall–Kier alpha value is -2.83. The first-order valence-electron chi connectivity index (χ1n) is 9.67. The van der Waals surface area contributed by atoms with Gasteiger partial charge in [-0.3, -0.25) is 0 Å². The fourth-order valence-corrected chi connectivity index (χ4v) is 3.00. The summed E-state index contributed by atoms with van der Waals surface area (Å²) in [6.45, 7) is 2.42. The molecule has 1 heterocycles. The monoisotopic (exact) mass is 410 g/mol. The van der Waals surface area contributed by atoms with Gasteiger partial charge in [-0.1, -0.05) is 41.9 Å². The topological polar surface area (TPSA) is 65.1 Å². The maximum atomic E-state index is 6.25. The highest BCUT2D eigenvalue weighted by Gasteiger charge is 2.09. The second kappa shape index (κ2) is 10.6. The maximum Gasteiger partial charge on any atom is 0.229 e. The third kappa shape index (κ3) is 6.62. The summed E-state index contributed by atoms with van der Waals surface area (Å²) >= 11 is 6.25. The van der Waals surface area contributed by atoms with Crippen LogP contribution < -0.4 is 16.0 Å². The third-order valence-electron chi connectivity index (χ3n) is 4.31. The van der Waals surface area contributed by atoms with E-state index in [-0.39, 0.29) is 0 Å². The van der Waals surface area contributed by atoms with E-state index in [9.17, 15) is 0 Å². The van der Waals surface area contributed by atoms with Gasteiger partial charge in [0.1, 0.15) is 5.82 Å². The number of nitrogens with zero attached hydrogens (tertiary/aromatic N) is 3. The van der Waals surface area contributed by atoms with Crippen LogP contribution in [0.2, 0.25) is 5.02 Å². The molecule has 0 aliphatic heterocycles. The van der Waals surface area contributed by atoms with Gasteiger partial charge in [0.2, 0.25) is 5.95 Å². The Kier molecular flexibility index (Phi) is 7.67. The summed E-state index contributed by atoms with van der Waals surface area (Å²) in [7, 11) is 4.15. The zero-order chi connectivity index (χ0) is 20.5. The van der Waals surface area contributed by atoms with Crippen molar-refractivity contribution in [2.45, 2.75) is 13.0 Å². The van der Waals surface area contributed by atoms with Crippen LogP contribution >= 0.6 is 11.6 Å². The average molecular weight is 411 g/mol. The molecular formula is C22H27ClN6. The van der Waals surface area contributed by atoms with Crippen LogP contribution in [0.1, 0.15) is 12.0 Å². The van der Waals surface area contributed by atoms with Crippen molar-refractivity contribution in [1.29, 1.82) is 0 Å². The molecule has 6 nitrogen and oxygen atoms in total. The second-order valence-electron chi connectivity index (χ2n) is 6.98. The molecule has 152 valence electrons. The number of hydrogen-bond acceptors (Lipinski definition) is 6. The Morgan fingerprint density at radius 3 is 2.48 bits per heavy atom. The van der Waals surface area contributed by atoms with Gasteiger partial charge in [0.25, 0.3) is 0 Å². The largest absolute Gasteiger partial charge is 0.380 e. The second-order valence-corrected chi connectivity index (χ2v) is 7.38. The molecule has 3 rings (SSSR count). The molecule has 2 aromatic carbocycles. The van der Waals surface area contributed by atoms with Crippen molar-refractivity contribution >= 4 is 34.7 Å². The minimum absolute atomic E-state index is 0.563. The summed E-state index contributed by atoms with van der Waals surface area (Å²) in [5, 5.41) is 10.8. The zero-order valence-corrected chi connectivity index (χ0v) is 17.6. The van der Waals surface area contributed by atoms with E-state index in [2.05, 4.69) is 39.9 Å². The predicted octanol–water partition coefficient (Wildman–Crippen LogP) is 4.85. The van der Waals surface area contributed by atoms with E-state index >= 15 is 0 Å². The summed E-state index contributed by atoms with van der Waals surface area (Å²) in [4.78, 5) is 11.4. The Morgan fingerprint density at radius 2 is 1.72 bits per heavy atom. The van der Waals surface area contributed by atoms with E-state index in [0.29, 0.717) is 17.5 Å². The molecule has 7 heteroatoms. The minimum Gasteiger partial charge on any atom is -0.380 e. The van der Waals surface area contributed by atoms with Crippen LogP contribution in [0.5, 0.6) is 0 Å². The molecule has 0 aliphatic rings. The SMILES string of the molecule is CN(C)CCCNc1nc(Nc2ccccc2)ncc1CNc1ccccc1Cl. The fourth-order valence-electron chi connectivity index (χ4n) is 2.80. The van der Waals surface area contributed by atoms with Crippen LogP contribution in [-0.2, 0) is 6.54 Å². The summed E-state index contributed by atoms with van der Waals surface area (Å²) in [5.41, 5.74) is 2.82. The zero-order valence-electron chi connectivity index (χ0n) is 16.8. The number of anilines is 4. The van der Waals surface area contributed by atoms with E-state index in [1.54, 1.807) is 0 Å². The van der Waals surface area contributed by atoms with E-state index in [1.807, 2.05) is 60.8 Å². The van der Waals surface area contributed by atoms with Crippen LogP contribution in [0.25, 0.3) is 0 Å². The molecule has 1 aromatic heterocycles. The predicted molar refractivity (Wildman–Crippen MR) is 122 cm³/mol. The van der Waals surface area contributed by atoms with E-state index in [4.69, 9.17) is 16.6 Å². The highest BCUT2D eigenvalue weighted by Crippen LogP contribution is 2.23. The molecule has 3 N–H and O–H groups in total. The normalized spacial score (nSPS) is 10.8. The van der Waals surface area contributed by atoms with Gasteiger partial charge in [0, 0.05) is 30.5 Å². The van der Waals surface area contributed by atoms with Gasteiger partial charge in [0.05, 0.1) is 10.7 Å². The highest BCUT2D eigenvalue weighted by atomic mass is 35.5. The standard InChI is InChI=1S/C22H27ClN6/c1-29(2)14-8-13-24-21-17(15-25-20-12-7-6-11-19(20)23)16-26-22(28-21)27-18-9-4-3-5-10-18/h3-7,9-12,16,25H,8,13-15H2,1-2H3,(H2,24,26,27,28). The van der Waals surface area contributed by atoms with Crippen molar-refractivity contribution in [3.63, 3.8) is 0 Å². The Balaban J connectivity index is 1.73. The lowest BCUT2D eigenvalue weighted by Crippen LogP contribution is -2.17. The number of rotatable bonds is 10. The lowest BCUT2D eigenvalue weighted by atomic mass is 10.2. The van der Waals surface area contributed by atoms with Gasteiger partial charge in [-0.2, -0.15) is 4.98 Å². The van der Waals surface area contributed by atoms with Gasteiger partial charge in [-0.15, -0.1) is 0 Å². The molecule has 0 radical (unpaired) electrons. The Labute approximate surface area is 177 Å². The van der Waals surface area contributed by atoms with Crippen molar-refractivity contribution in [2.24, 2.45) is 0 Å². The molecular weight excluding hydrogens is 384 g/mol. The minimum atomic E-state index is 0.563. The van der Waals surface area contributed by atoms with Gasteiger partial charge >= 0.3 is 0 Å². The van der Waals surface area contributed by atoms with Gasteiger partial charge in [-0.05, 0) is 51.3 Å². The lowest BCUT2D eigenvalue weighted by Gasteiger charge is -2.15. The van der Waals surface area contributed by atoms with Crippen molar-refractivity contribution in [2.75, 3.05) is 43.1 Å². The summed E-state index contributed by atoms with van der Waals surface area (Å²) in [6, 6.07) is 17.6. The maximum absolute atomic E-state index is 6.25. The van der Waals surface area contributed by atoms with E-state index in [1.165, 1.54) is 0 Å². The number of para-hydroxylation sites is 2. The molecule has 0 bridgehead atoms. The molecule has 0 unspecified atom stereocenters. The van der Waals surface area contributed by atoms with E-state index in [0.717, 1.165) is 42.3 Å². The Morgan fingerprint density at radius 1 is 0.966 bits per heavy atom. The molecule has 0 aliphatic carbocycles. The van der Waals surface area contributed by atoms with Crippen LogP contribution in [0.15, 0.2) is 60.8 Å².